The zero-order chi connectivity index (χ0) is 10.6. The van der Waals surface area contributed by atoms with Gasteiger partial charge in [0.1, 0.15) is 6.09 Å². The average molecular weight is 195 g/mol. The number of anilines is 2. The molecule has 0 unspecified atom stereocenters. The van der Waals surface area contributed by atoms with Gasteiger partial charge in [-0.15, -0.1) is 0 Å². The molecule has 0 heterocycles. The van der Waals surface area contributed by atoms with Gasteiger partial charge in [-0.05, 0) is 30.2 Å². The summed E-state index contributed by atoms with van der Waals surface area (Å²) in [4.78, 5) is 10.3. The van der Waals surface area contributed by atoms with E-state index in [1.807, 2.05) is 0 Å². The van der Waals surface area contributed by atoms with E-state index in [-0.39, 0.29) is 6.61 Å². The zero-order valence-electron chi connectivity index (χ0n) is 7.49. The third-order valence-electron chi connectivity index (χ3n) is 1.75. The summed E-state index contributed by atoms with van der Waals surface area (Å²) in [5.41, 5.74) is 7.09. The molecule has 0 aliphatic carbocycles. The van der Waals surface area contributed by atoms with E-state index in [0.29, 0.717) is 23.4 Å². The summed E-state index contributed by atoms with van der Waals surface area (Å²) in [7, 11) is 0. The molecule has 1 aromatic rings. The number of amides is 1. The van der Waals surface area contributed by atoms with Crippen LogP contribution in [0.3, 0.4) is 0 Å². The molecule has 1 aromatic carbocycles. The van der Waals surface area contributed by atoms with Crippen molar-refractivity contribution in [1.82, 2.24) is 0 Å². The Morgan fingerprint density at radius 1 is 1.57 bits per heavy atom. The lowest BCUT2D eigenvalue weighted by molar-refractivity contribution is -0.242. The van der Waals surface area contributed by atoms with Gasteiger partial charge >= 0.3 is 0 Å². The van der Waals surface area contributed by atoms with Crippen LogP contribution in [0.25, 0.3) is 0 Å². The normalized spacial score (nSPS) is 9.79. The Morgan fingerprint density at radius 3 is 2.86 bits per heavy atom. The number of rotatable bonds is 3. The summed E-state index contributed by atoms with van der Waals surface area (Å²) in [5, 5.41) is 21.2. The molecule has 1 rings (SSSR count). The molecule has 76 valence electrons. The van der Waals surface area contributed by atoms with Crippen molar-refractivity contribution in [1.29, 1.82) is 0 Å². The number of hydrogen-bond acceptors (Lipinski definition) is 4. The molecule has 0 saturated heterocycles. The molecule has 0 bridgehead atoms. The number of carboxylic acid groups (broad SMARTS) is 1. The van der Waals surface area contributed by atoms with Crippen molar-refractivity contribution < 1.29 is 15.0 Å². The third-order valence-corrected chi connectivity index (χ3v) is 1.75. The Kier molecular flexibility index (Phi) is 3.30. The first-order valence-corrected chi connectivity index (χ1v) is 4.10. The van der Waals surface area contributed by atoms with E-state index in [9.17, 15) is 9.90 Å². The molecule has 0 aliphatic rings. The van der Waals surface area contributed by atoms with Gasteiger partial charge in [-0.3, -0.25) is 0 Å². The Morgan fingerprint density at radius 2 is 2.29 bits per heavy atom. The highest BCUT2D eigenvalue weighted by atomic mass is 16.4. The van der Waals surface area contributed by atoms with Crippen molar-refractivity contribution in [2.45, 2.75) is 6.42 Å². The number of aliphatic hydroxyl groups excluding tert-OH is 1. The van der Waals surface area contributed by atoms with E-state index in [4.69, 9.17) is 10.8 Å². The number of carbonyl (C=O) groups excluding carboxylic acids is 1. The van der Waals surface area contributed by atoms with Gasteiger partial charge in [0.2, 0.25) is 0 Å². The van der Waals surface area contributed by atoms with E-state index in [1.165, 1.54) is 6.07 Å². The average Bonchev–Trinajstić information content (AvgIpc) is 2.09. The molecule has 0 aliphatic heterocycles. The Labute approximate surface area is 81.2 Å². The third kappa shape index (κ3) is 2.63. The monoisotopic (exact) mass is 195 g/mol. The molecular weight excluding hydrogens is 184 g/mol. The van der Waals surface area contributed by atoms with E-state index < -0.39 is 6.09 Å². The highest BCUT2D eigenvalue weighted by Crippen LogP contribution is 2.18. The van der Waals surface area contributed by atoms with E-state index in [2.05, 4.69) is 5.32 Å². The quantitative estimate of drug-likeness (QED) is 0.569. The molecule has 0 atom stereocenters. The molecule has 0 aromatic heterocycles. The van der Waals surface area contributed by atoms with Gasteiger partial charge in [0.15, 0.2) is 0 Å². The number of carbonyl (C=O) groups is 1. The van der Waals surface area contributed by atoms with Gasteiger partial charge in [-0.25, -0.2) is 0 Å². The molecule has 14 heavy (non-hydrogen) atoms. The van der Waals surface area contributed by atoms with Crippen molar-refractivity contribution >= 4 is 17.5 Å². The van der Waals surface area contributed by atoms with Crippen LogP contribution in [0.4, 0.5) is 16.2 Å². The van der Waals surface area contributed by atoms with Crippen molar-refractivity contribution in [2.75, 3.05) is 17.7 Å². The van der Waals surface area contributed by atoms with Gasteiger partial charge in [0.05, 0.1) is 0 Å². The maximum Gasteiger partial charge on any atom is 0.138 e. The van der Waals surface area contributed by atoms with Gasteiger partial charge in [-0.2, -0.15) is 0 Å². The first-order chi connectivity index (χ1) is 6.63. The fraction of sp³-hybridized carbons (Fsp3) is 0.222. The van der Waals surface area contributed by atoms with Gasteiger partial charge in [0.25, 0.3) is 0 Å². The van der Waals surface area contributed by atoms with Crippen LogP contribution in [0.2, 0.25) is 0 Å². The fourth-order valence-corrected chi connectivity index (χ4v) is 1.17. The number of benzene rings is 1. The first kappa shape index (κ1) is 10.3. The molecule has 1 amide bonds. The zero-order valence-corrected chi connectivity index (χ0v) is 7.49. The first-order valence-electron chi connectivity index (χ1n) is 4.10. The van der Waals surface area contributed by atoms with Gasteiger partial charge < -0.3 is 26.1 Å². The summed E-state index contributed by atoms with van der Waals surface area (Å²) in [6.45, 7) is -0.0643. The minimum atomic E-state index is -1.38. The molecule has 0 spiro atoms. The van der Waals surface area contributed by atoms with E-state index >= 15 is 0 Å². The molecule has 5 nitrogen and oxygen atoms in total. The maximum absolute atomic E-state index is 10.3. The van der Waals surface area contributed by atoms with Crippen molar-refractivity contribution in [3.05, 3.63) is 23.8 Å². The maximum atomic E-state index is 10.3. The SMILES string of the molecule is Nc1ccc(NC(=O)[O-])c(CCO)c1. The fourth-order valence-electron chi connectivity index (χ4n) is 1.17. The highest BCUT2D eigenvalue weighted by molar-refractivity contribution is 5.83. The lowest BCUT2D eigenvalue weighted by Gasteiger charge is -2.12. The summed E-state index contributed by atoms with van der Waals surface area (Å²) >= 11 is 0. The summed E-state index contributed by atoms with van der Waals surface area (Å²) in [6, 6.07) is 4.73. The van der Waals surface area contributed by atoms with Crippen LogP contribution < -0.4 is 16.2 Å². The minimum Gasteiger partial charge on any atom is -0.530 e. The van der Waals surface area contributed by atoms with Crippen LogP contribution in [0.15, 0.2) is 18.2 Å². The molecule has 0 radical (unpaired) electrons. The van der Waals surface area contributed by atoms with E-state index in [1.54, 1.807) is 12.1 Å². The Balaban J connectivity index is 2.95. The number of nitrogens with two attached hydrogens (primary N) is 1. The largest absolute Gasteiger partial charge is 0.530 e. The Bertz CT molecular complexity index is 339. The van der Waals surface area contributed by atoms with Crippen LogP contribution in [0.1, 0.15) is 5.56 Å². The summed E-state index contributed by atoms with van der Waals surface area (Å²) in [5.74, 6) is 0. The summed E-state index contributed by atoms with van der Waals surface area (Å²) in [6.07, 6.45) is -1.03. The van der Waals surface area contributed by atoms with Crippen LogP contribution in [-0.2, 0) is 6.42 Å². The van der Waals surface area contributed by atoms with Crippen LogP contribution in [0.5, 0.6) is 0 Å². The summed E-state index contributed by atoms with van der Waals surface area (Å²) < 4.78 is 0. The lowest BCUT2D eigenvalue weighted by Crippen LogP contribution is -2.29. The van der Waals surface area contributed by atoms with Crippen molar-refractivity contribution in [3.63, 3.8) is 0 Å². The van der Waals surface area contributed by atoms with Crippen molar-refractivity contribution in [2.24, 2.45) is 0 Å². The number of aliphatic hydroxyl groups is 1. The Hall–Kier alpha value is -1.75. The lowest BCUT2D eigenvalue weighted by atomic mass is 10.1. The highest BCUT2D eigenvalue weighted by Gasteiger charge is 2.02. The second kappa shape index (κ2) is 4.48. The van der Waals surface area contributed by atoms with E-state index in [0.717, 1.165) is 0 Å². The van der Waals surface area contributed by atoms with Crippen LogP contribution >= 0.6 is 0 Å². The number of nitrogen functional groups attached to an aromatic ring is 1. The molecule has 4 N–H and O–H groups in total. The second-order valence-corrected chi connectivity index (χ2v) is 2.80. The number of nitrogens with one attached hydrogen (secondary N) is 1. The molecule has 0 saturated carbocycles. The predicted molar refractivity (Wildman–Crippen MR) is 50.7 cm³/mol. The van der Waals surface area contributed by atoms with Crippen LogP contribution in [-0.4, -0.2) is 17.8 Å². The molecule has 0 fully saturated rings. The molecule has 5 heteroatoms. The minimum absolute atomic E-state index is 0.0643. The van der Waals surface area contributed by atoms with Gasteiger partial charge in [-0.1, -0.05) is 0 Å². The predicted octanol–water partition coefficient (Wildman–Crippen LogP) is -0.441. The smallest absolute Gasteiger partial charge is 0.138 e. The van der Waals surface area contributed by atoms with Crippen molar-refractivity contribution in [3.8, 4) is 0 Å². The number of hydrogen-bond donors (Lipinski definition) is 3. The molecular formula is C9H11N2O3-. The topological polar surface area (TPSA) is 98.4 Å². The second-order valence-electron chi connectivity index (χ2n) is 2.80. The standard InChI is InChI=1S/C9H12N2O3/c10-7-1-2-8(11-9(13)14)6(5-7)3-4-12/h1-2,5,11-12H,3-4,10H2,(H,13,14)/p-1. The van der Waals surface area contributed by atoms with Gasteiger partial charge in [0, 0.05) is 18.0 Å². The van der Waals surface area contributed by atoms with Crippen LogP contribution in [0, 0.1) is 0 Å².